The number of nitrogens with one attached hydrogen (secondary N) is 1. The number of fused-ring (bicyclic) bond motifs is 1. The van der Waals surface area contributed by atoms with Gasteiger partial charge in [0.05, 0.1) is 16.3 Å². The highest BCUT2D eigenvalue weighted by atomic mass is 32.1. The molecule has 0 spiro atoms. The number of nitrogens with zero attached hydrogens (tertiary/aromatic N) is 3. The fourth-order valence-electron chi connectivity index (χ4n) is 3.75. The molecule has 134 valence electrons. The first-order valence-electron chi connectivity index (χ1n) is 8.77. The lowest BCUT2D eigenvalue weighted by molar-refractivity contribution is -0.107. The van der Waals surface area contributed by atoms with E-state index in [1.54, 1.807) is 11.3 Å². The molecule has 7 heteroatoms. The molecular formula is C17H28N4O2S. The van der Waals surface area contributed by atoms with Gasteiger partial charge in [0.2, 0.25) is 0 Å². The van der Waals surface area contributed by atoms with Crippen LogP contribution in [0.15, 0.2) is 5.38 Å². The van der Waals surface area contributed by atoms with E-state index in [0.717, 1.165) is 36.8 Å². The number of thiazole rings is 1. The van der Waals surface area contributed by atoms with Gasteiger partial charge in [-0.1, -0.05) is 0 Å². The second-order valence-electron chi connectivity index (χ2n) is 7.44. The number of aliphatic hydroxyl groups is 1. The number of likely N-dealkylation sites (tertiary alicyclic amines) is 2. The van der Waals surface area contributed by atoms with Crippen LogP contribution >= 0.6 is 11.3 Å². The van der Waals surface area contributed by atoms with Crippen LogP contribution in [0.2, 0.25) is 0 Å². The van der Waals surface area contributed by atoms with Crippen LogP contribution in [-0.4, -0.2) is 63.7 Å². The number of carbonyl (C=O) groups excluding carboxylic acids is 1. The first kappa shape index (κ1) is 17.6. The summed E-state index contributed by atoms with van der Waals surface area (Å²) in [6.07, 6.45) is 1.45. The summed E-state index contributed by atoms with van der Waals surface area (Å²) in [5.74, 6) is 0.109. The zero-order valence-corrected chi connectivity index (χ0v) is 15.6. The van der Waals surface area contributed by atoms with Gasteiger partial charge in [-0.15, -0.1) is 11.3 Å². The molecule has 24 heavy (non-hydrogen) atoms. The summed E-state index contributed by atoms with van der Waals surface area (Å²) in [5.41, 5.74) is 0.483. The highest BCUT2D eigenvalue weighted by Crippen LogP contribution is 2.36. The molecule has 1 aromatic heterocycles. The van der Waals surface area contributed by atoms with E-state index in [4.69, 9.17) is 0 Å². The Balaban J connectivity index is 1.62. The van der Waals surface area contributed by atoms with Gasteiger partial charge in [0.1, 0.15) is 0 Å². The van der Waals surface area contributed by atoms with Crippen molar-refractivity contribution in [2.45, 2.75) is 51.8 Å². The summed E-state index contributed by atoms with van der Waals surface area (Å²) in [4.78, 5) is 21.0. The number of carbonyl (C=O) groups is 1. The van der Waals surface area contributed by atoms with Crippen LogP contribution in [0.1, 0.15) is 37.4 Å². The SMILES string of the molecule is Cc1nc(CN2CC[C@@]3(O)CCN(C(=O)NC(C)C)C[C@H]3C2)cs1. The van der Waals surface area contributed by atoms with Gasteiger partial charge >= 0.3 is 6.03 Å². The van der Waals surface area contributed by atoms with Gasteiger partial charge < -0.3 is 15.3 Å². The Morgan fingerprint density at radius 2 is 2.21 bits per heavy atom. The van der Waals surface area contributed by atoms with Crippen molar-refractivity contribution in [3.8, 4) is 0 Å². The van der Waals surface area contributed by atoms with Crippen molar-refractivity contribution >= 4 is 17.4 Å². The van der Waals surface area contributed by atoms with Gasteiger partial charge in [-0.05, 0) is 33.6 Å². The van der Waals surface area contributed by atoms with Crippen LogP contribution in [0.3, 0.4) is 0 Å². The molecule has 1 aromatic rings. The molecule has 2 amide bonds. The molecule has 2 N–H and O–H groups in total. The minimum atomic E-state index is -0.622. The first-order chi connectivity index (χ1) is 11.4. The maximum Gasteiger partial charge on any atom is 0.317 e. The van der Waals surface area contributed by atoms with Crippen molar-refractivity contribution < 1.29 is 9.90 Å². The Hall–Kier alpha value is -1.18. The third-order valence-corrected chi connectivity index (χ3v) is 5.93. The summed E-state index contributed by atoms with van der Waals surface area (Å²) in [6.45, 7) is 9.76. The smallest absolute Gasteiger partial charge is 0.317 e. The normalized spacial score (nSPS) is 28.0. The molecular weight excluding hydrogens is 324 g/mol. The number of aryl methyl sites for hydroxylation is 1. The molecule has 0 aromatic carbocycles. The maximum atomic E-state index is 12.3. The monoisotopic (exact) mass is 352 g/mol. The van der Waals surface area contributed by atoms with E-state index < -0.39 is 5.60 Å². The Morgan fingerprint density at radius 1 is 1.46 bits per heavy atom. The zero-order valence-electron chi connectivity index (χ0n) is 14.8. The highest BCUT2D eigenvalue weighted by molar-refractivity contribution is 7.09. The number of hydrogen-bond acceptors (Lipinski definition) is 5. The van der Waals surface area contributed by atoms with E-state index in [9.17, 15) is 9.90 Å². The fourth-order valence-corrected chi connectivity index (χ4v) is 4.35. The average Bonchev–Trinajstić information content (AvgIpc) is 2.91. The summed E-state index contributed by atoms with van der Waals surface area (Å²) >= 11 is 1.68. The van der Waals surface area contributed by atoms with Gasteiger partial charge in [-0.3, -0.25) is 4.90 Å². The molecule has 3 heterocycles. The number of urea groups is 1. The predicted octanol–water partition coefficient (Wildman–Crippen LogP) is 1.83. The molecule has 2 fully saturated rings. The predicted molar refractivity (Wildman–Crippen MR) is 95.0 cm³/mol. The van der Waals surface area contributed by atoms with Crippen LogP contribution < -0.4 is 5.32 Å². The number of hydrogen-bond donors (Lipinski definition) is 2. The molecule has 6 nitrogen and oxygen atoms in total. The molecule has 2 aliphatic heterocycles. The molecule has 2 atom stereocenters. The van der Waals surface area contributed by atoms with Gasteiger partial charge in [-0.2, -0.15) is 0 Å². The largest absolute Gasteiger partial charge is 0.389 e. The van der Waals surface area contributed by atoms with Crippen LogP contribution in [-0.2, 0) is 6.54 Å². The van der Waals surface area contributed by atoms with Crippen molar-refractivity contribution in [3.63, 3.8) is 0 Å². The van der Waals surface area contributed by atoms with E-state index in [-0.39, 0.29) is 18.0 Å². The quantitative estimate of drug-likeness (QED) is 0.871. The van der Waals surface area contributed by atoms with E-state index in [1.807, 2.05) is 25.7 Å². The Labute approximate surface area is 147 Å². The van der Waals surface area contributed by atoms with Gasteiger partial charge in [0.25, 0.3) is 0 Å². The molecule has 2 saturated heterocycles. The second-order valence-corrected chi connectivity index (χ2v) is 8.51. The number of amides is 2. The van der Waals surface area contributed by atoms with Gasteiger partial charge in [-0.25, -0.2) is 9.78 Å². The lowest BCUT2D eigenvalue weighted by Crippen LogP contribution is -2.61. The zero-order chi connectivity index (χ0) is 17.3. The highest BCUT2D eigenvalue weighted by Gasteiger charge is 2.45. The summed E-state index contributed by atoms with van der Waals surface area (Å²) < 4.78 is 0. The molecule has 3 rings (SSSR count). The molecule has 0 saturated carbocycles. The van der Waals surface area contributed by atoms with Crippen LogP contribution in [0.5, 0.6) is 0 Å². The minimum absolute atomic E-state index is 0.0145. The number of aromatic nitrogens is 1. The molecule has 0 aliphatic carbocycles. The standard InChI is InChI=1S/C17H28N4O2S/c1-12(2)18-16(22)21-7-5-17(23)4-6-20(8-14(17)9-21)10-15-11-24-13(3)19-15/h11-12,14,23H,4-10H2,1-3H3,(H,18,22)/t14-,17-/m1/s1. The minimum Gasteiger partial charge on any atom is -0.389 e. The molecule has 0 bridgehead atoms. The van der Waals surface area contributed by atoms with Crippen molar-refractivity contribution in [1.29, 1.82) is 0 Å². The van der Waals surface area contributed by atoms with E-state index >= 15 is 0 Å². The van der Waals surface area contributed by atoms with Gasteiger partial charge in [0, 0.05) is 50.1 Å². The molecule has 2 aliphatic rings. The Morgan fingerprint density at radius 3 is 2.88 bits per heavy atom. The topological polar surface area (TPSA) is 68.7 Å². The van der Waals surface area contributed by atoms with E-state index in [1.165, 1.54) is 0 Å². The Bertz CT molecular complexity index is 591. The van der Waals surface area contributed by atoms with E-state index in [0.29, 0.717) is 19.5 Å². The van der Waals surface area contributed by atoms with Crippen molar-refractivity contribution in [2.75, 3.05) is 26.2 Å². The Kier molecular flexibility index (Phi) is 5.13. The molecule has 0 radical (unpaired) electrons. The van der Waals surface area contributed by atoms with Crippen LogP contribution in [0.4, 0.5) is 4.79 Å². The lowest BCUT2D eigenvalue weighted by atomic mass is 9.75. The second kappa shape index (κ2) is 6.98. The van der Waals surface area contributed by atoms with Gasteiger partial charge in [0.15, 0.2) is 0 Å². The van der Waals surface area contributed by atoms with Crippen LogP contribution in [0.25, 0.3) is 0 Å². The van der Waals surface area contributed by atoms with Crippen molar-refractivity contribution in [3.05, 3.63) is 16.1 Å². The third kappa shape index (κ3) is 3.90. The van der Waals surface area contributed by atoms with Crippen molar-refractivity contribution in [2.24, 2.45) is 5.92 Å². The first-order valence-corrected chi connectivity index (χ1v) is 9.65. The van der Waals surface area contributed by atoms with E-state index in [2.05, 4.69) is 20.6 Å². The maximum absolute atomic E-state index is 12.3. The fraction of sp³-hybridized carbons (Fsp3) is 0.765. The van der Waals surface area contributed by atoms with Crippen molar-refractivity contribution in [1.82, 2.24) is 20.1 Å². The van der Waals surface area contributed by atoms with Crippen LogP contribution in [0, 0.1) is 12.8 Å². The summed E-state index contributed by atoms with van der Waals surface area (Å²) in [5, 5.41) is 17.1. The third-order valence-electron chi connectivity index (χ3n) is 5.11. The molecule has 0 unspecified atom stereocenters. The number of piperidine rings is 2. The summed E-state index contributed by atoms with van der Waals surface area (Å²) in [6, 6.07) is 0.119. The summed E-state index contributed by atoms with van der Waals surface area (Å²) in [7, 11) is 0. The lowest BCUT2D eigenvalue weighted by Gasteiger charge is -2.50. The average molecular weight is 353 g/mol. The number of rotatable bonds is 3.